The van der Waals surface area contributed by atoms with Crippen LogP contribution in [-0.2, 0) is 6.42 Å². The lowest BCUT2D eigenvalue weighted by Gasteiger charge is -2.25. The zero-order chi connectivity index (χ0) is 14.5. The predicted octanol–water partition coefficient (Wildman–Crippen LogP) is 3.43. The highest BCUT2D eigenvalue weighted by atomic mass is 15.1. The number of hydrogen-bond acceptors (Lipinski definition) is 2. The van der Waals surface area contributed by atoms with E-state index in [2.05, 4.69) is 43.1 Å². The van der Waals surface area contributed by atoms with Gasteiger partial charge < -0.3 is 10.6 Å². The van der Waals surface area contributed by atoms with Gasteiger partial charge in [0.1, 0.15) is 0 Å². The normalized spacial score (nSPS) is 11.4. The number of nitrogens with one attached hydrogen (secondary N) is 1. The minimum atomic E-state index is -0.188. The number of benzene rings is 1. The Morgan fingerprint density at radius 1 is 1.26 bits per heavy atom. The minimum Gasteiger partial charge on any atom is -0.387 e. The highest BCUT2D eigenvalue weighted by Gasteiger charge is 2.20. The molecule has 1 aromatic rings. The molecule has 106 valence electrons. The third-order valence-electron chi connectivity index (χ3n) is 3.81. The Bertz CT molecular complexity index is 407. The lowest BCUT2D eigenvalue weighted by Crippen LogP contribution is -2.31. The summed E-state index contributed by atoms with van der Waals surface area (Å²) in [4.78, 5) is 2.26. The lowest BCUT2D eigenvalue weighted by atomic mass is 9.86. The maximum atomic E-state index is 7.56. The zero-order valence-corrected chi connectivity index (χ0v) is 12.7. The molecule has 0 bridgehead atoms. The van der Waals surface area contributed by atoms with Crippen molar-refractivity contribution in [3.63, 3.8) is 0 Å². The molecular weight excluding hydrogens is 234 g/mol. The standard InChI is InChI=1S/C16H27N3/c1-5-13-7-9-14(10-8-13)19(4)12-6-11-16(2,3)15(17)18/h7-10H,5-6,11-12H2,1-4H3,(H3,17,18). The van der Waals surface area contributed by atoms with Gasteiger partial charge in [-0.1, -0.05) is 32.9 Å². The smallest absolute Gasteiger partial charge is 0.0963 e. The Labute approximate surface area is 117 Å². The van der Waals surface area contributed by atoms with E-state index in [1.165, 1.54) is 11.3 Å². The molecule has 0 atom stereocenters. The zero-order valence-electron chi connectivity index (χ0n) is 12.7. The van der Waals surface area contributed by atoms with Crippen molar-refractivity contribution in [2.75, 3.05) is 18.5 Å². The minimum absolute atomic E-state index is 0.188. The van der Waals surface area contributed by atoms with E-state index in [9.17, 15) is 0 Å². The first-order valence-electron chi connectivity index (χ1n) is 7.01. The van der Waals surface area contributed by atoms with Crippen molar-refractivity contribution in [3.05, 3.63) is 29.8 Å². The monoisotopic (exact) mass is 261 g/mol. The molecule has 0 saturated heterocycles. The van der Waals surface area contributed by atoms with E-state index in [0.717, 1.165) is 25.8 Å². The summed E-state index contributed by atoms with van der Waals surface area (Å²) in [6.45, 7) is 7.22. The Morgan fingerprint density at radius 2 is 1.84 bits per heavy atom. The first-order valence-corrected chi connectivity index (χ1v) is 7.01. The second-order valence-corrected chi connectivity index (χ2v) is 5.84. The summed E-state index contributed by atoms with van der Waals surface area (Å²) in [6.07, 6.45) is 3.06. The van der Waals surface area contributed by atoms with Gasteiger partial charge >= 0.3 is 0 Å². The average molecular weight is 261 g/mol. The van der Waals surface area contributed by atoms with E-state index in [1.807, 2.05) is 13.8 Å². The number of nitrogens with zero attached hydrogens (tertiary/aromatic N) is 1. The van der Waals surface area contributed by atoms with Gasteiger partial charge in [0.2, 0.25) is 0 Å². The van der Waals surface area contributed by atoms with Crippen LogP contribution in [0.3, 0.4) is 0 Å². The molecule has 0 aromatic heterocycles. The molecule has 0 amide bonds. The molecule has 0 heterocycles. The van der Waals surface area contributed by atoms with Crippen molar-refractivity contribution < 1.29 is 0 Å². The summed E-state index contributed by atoms with van der Waals surface area (Å²) in [6, 6.07) is 8.72. The van der Waals surface area contributed by atoms with Gasteiger partial charge in [-0.05, 0) is 37.0 Å². The van der Waals surface area contributed by atoms with Gasteiger partial charge in [-0.3, -0.25) is 5.41 Å². The average Bonchev–Trinajstić information content (AvgIpc) is 2.38. The van der Waals surface area contributed by atoms with Crippen LogP contribution in [0.1, 0.15) is 39.2 Å². The third kappa shape index (κ3) is 4.58. The number of aryl methyl sites for hydroxylation is 1. The van der Waals surface area contributed by atoms with Gasteiger partial charge in [0.05, 0.1) is 5.84 Å². The number of amidine groups is 1. The molecule has 1 rings (SSSR count). The van der Waals surface area contributed by atoms with Crippen LogP contribution in [0, 0.1) is 10.8 Å². The van der Waals surface area contributed by atoms with E-state index in [4.69, 9.17) is 11.1 Å². The molecule has 3 heteroatoms. The van der Waals surface area contributed by atoms with Crippen LogP contribution in [0.5, 0.6) is 0 Å². The second-order valence-electron chi connectivity index (χ2n) is 5.84. The molecule has 1 aromatic carbocycles. The molecule has 3 nitrogen and oxygen atoms in total. The summed E-state index contributed by atoms with van der Waals surface area (Å²) >= 11 is 0. The number of anilines is 1. The SMILES string of the molecule is CCc1ccc(N(C)CCCC(C)(C)C(=N)N)cc1. The quantitative estimate of drug-likeness (QED) is 0.583. The summed E-state index contributed by atoms with van der Waals surface area (Å²) in [7, 11) is 2.11. The Kier molecular flexibility index (Phi) is 5.40. The molecule has 0 fully saturated rings. The van der Waals surface area contributed by atoms with Crippen LogP contribution in [0.15, 0.2) is 24.3 Å². The first kappa shape index (κ1) is 15.5. The summed E-state index contributed by atoms with van der Waals surface area (Å²) < 4.78 is 0. The highest BCUT2D eigenvalue weighted by molar-refractivity contribution is 5.82. The highest BCUT2D eigenvalue weighted by Crippen LogP contribution is 2.22. The largest absolute Gasteiger partial charge is 0.387 e. The lowest BCUT2D eigenvalue weighted by molar-refractivity contribution is 0.452. The number of rotatable bonds is 7. The molecule has 19 heavy (non-hydrogen) atoms. The fourth-order valence-corrected chi connectivity index (χ4v) is 2.01. The summed E-state index contributed by atoms with van der Waals surface area (Å²) in [5.74, 6) is 0.280. The molecule has 0 saturated carbocycles. The van der Waals surface area contributed by atoms with Crippen LogP contribution >= 0.6 is 0 Å². The van der Waals surface area contributed by atoms with E-state index in [1.54, 1.807) is 0 Å². The fraction of sp³-hybridized carbons (Fsp3) is 0.562. The van der Waals surface area contributed by atoms with E-state index < -0.39 is 0 Å². The molecule has 0 aliphatic carbocycles. The summed E-state index contributed by atoms with van der Waals surface area (Å²) in [5.41, 5.74) is 8.03. The van der Waals surface area contributed by atoms with Crippen molar-refractivity contribution in [2.24, 2.45) is 11.1 Å². The van der Waals surface area contributed by atoms with E-state index >= 15 is 0 Å². The van der Waals surface area contributed by atoms with Gasteiger partial charge in [-0.2, -0.15) is 0 Å². The maximum absolute atomic E-state index is 7.56. The van der Waals surface area contributed by atoms with Crippen molar-refractivity contribution >= 4 is 11.5 Å². The van der Waals surface area contributed by atoms with Crippen molar-refractivity contribution in [1.29, 1.82) is 5.41 Å². The van der Waals surface area contributed by atoms with Crippen molar-refractivity contribution in [1.82, 2.24) is 0 Å². The van der Waals surface area contributed by atoms with Gasteiger partial charge in [-0.25, -0.2) is 0 Å². The molecule has 0 unspecified atom stereocenters. The molecule has 0 spiro atoms. The Morgan fingerprint density at radius 3 is 2.32 bits per heavy atom. The van der Waals surface area contributed by atoms with Gasteiger partial charge in [-0.15, -0.1) is 0 Å². The molecule has 0 aliphatic rings. The Balaban J connectivity index is 2.46. The first-order chi connectivity index (χ1) is 8.86. The molecule has 0 radical (unpaired) electrons. The van der Waals surface area contributed by atoms with Crippen LogP contribution in [0.25, 0.3) is 0 Å². The molecule has 3 N–H and O–H groups in total. The van der Waals surface area contributed by atoms with E-state index in [0.29, 0.717) is 0 Å². The van der Waals surface area contributed by atoms with Gasteiger partial charge in [0.15, 0.2) is 0 Å². The second kappa shape index (κ2) is 6.60. The van der Waals surface area contributed by atoms with Gasteiger partial charge in [0.25, 0.3) is 0 Å². The van der Waals surface area contributed by atoms with Crippen LogP contribution in [0.4, 0.5) is 5.69 Å². The number of nitrogens with two attached hydrogens (primary N) is 1. The fourth-order valence-electron chi connectivity index (χ4n) is 2.01. The Hall–Kier alpha value is -1.51. The van der Waals surface area contributed by atoms with Crippen LogP contribution in [-0.4, -0.2) is 19.4 Å². The van der Waals surface area contributed by atoms with Crippen LogP contribution in [0.2, 0.25) is 0 Å². The van der Waals surface area contributed by atoms with Crippen LogP contribution < -0.4 is 10.6 Å². The molecule has 0 aliphatic heterocycles. The topological polar surface area (TPSA) is 53.1 Å². The van der Waals surface area contributed by atoms with Gasteiger partial charge in [0, 0.05) is 24.7 Å². The number of hydrogen-bond donors (Lipinski definition) is 2. The predicted molar refractivity (Wildman–Crippen MR) is 84.0 cm³/mol. The third-order valence-corrected chi connectivity index (χ3v) is 3.81. The maximum Gasteiger partial charge on any atom is 0.0963 e. The van der Waals surface area contributed by atoms with Crippen molar-refractivity contribution in [3.8, 4) is 0 Å². The summed E-state index contributed by atoms with van der Waals surface area (Å²) in [5, 5.41) is 7.56. The van der Waals surface area contributed by atoms with E-state index in [-0.39, 0.29) is 11.3 Å². The molecular formula is C16H27N3. The van der Waals surface area contributed by atoms with Crippen molar-refractivity contribution in [2.45, 2.75) is 40.0 Å².